The Labute approximate surface area is 192 Å². The summed E-state index contributed by atoms with van der Waals surface area (Å²) in [6.45, 7) is 2.15. The first kappa shape index (κ1) is 23.4. The minimum atomic E-state index is -0.533. The molecule has 0 fully saturated rings. The number of carbonyl (C=O) groups excluding carboxylic acids is 2. The molecule has 0 aliphatic rings. The lowest BCUT2D eigenvalue weighted by Gasteiger charge is -2.05. The Morgan fingerprint density at radius 2 is 1.78 bits per heavy atom. The summed E-state index contributed by atoms with van der Waals surface area (Å²) in [4.78, 5) is 34.6. The van der Waals surface area contributed by atoms with E-state index >= 15 is 0 Å². The molecule has 0 spiro atoms. The second kappa shape index (κ2) is 11.3. The molecule has 1 heterocycles. The van der Waals surface area contributed by atoms with Crippen molar-refractivity contribution in [1.29, 1.82) is 0 Å². The second-order valence-electron chi connectivity index (χ2n) is 6.77. The molecule has 32 heavy (non-hydrogen) atoms. The van der Waals surface area contributed by atoms with Crippen LogP contribution in [-0.2, 0) is 11.2 Å². The molecule has 0 aliphatic carbocycles. The summed E-state index contributed by atoms with van der Waals surface area (Å²) in [7, 11) is 0. The molecule has 1 aromatic heterocycles. The van der Waals surface area contributed by atoms with Crippen LogP contribution >= 0.6 is 23.1 Å². The zero-order chi connectivity index (χ0) is 22.9. The first-order valence-electron chi connectivity index (χ1n) is 9.85. The summed E-state index contributed by atoms with van der Waals surface area (Å²) >= 11 is 2.36. The highest BCUT2D eigenvalue weighted by Gasteiger charge is 2.13. The molecule has 2 aromatic carbocycles. The Bertz CT molecular complexity index is 1080. The van der Waals surface area contributed by atoms with E-state index in [4.69, 9.17) is 0 Å². The van der Waals surface area contributed by atoms with E-state index in [1.54, 1.807) is 0 Å². The number of aryl methyl sites for hydroxylation is 1. The molecule has 9 nitrogen and oxygen atoms in total. The Morgan fingerprint density at radius 3 is 2.44 bits per heavy atom. The van der Waals surface area contributed by atoms with E-state index in [1.807, 2.05) is 24.3 Å². The van der Waals surface area contributed by atoms with Gasteiger partial charge in [-0.25, -0.2) is 0 Å². The van der Waals surface area contributed by atoms with Crippen molar-refractivity contribution < 1.29 is 14.5 Å². The number of amides is 2. The highest BCUT2D eigenvalue weighted by atomic mass is 32.2. The largest absolute Gasteiger partial charge is 0.325 e. The van der Waals surface area contributed by atoms with Gasteiger partial charge in [0.05, 0.1) is 10.7 Å². The molecule has 0 radical (unpaired) electrons. The van der Waals surface area contributed by atoms with E-state index in [0.717, 1.165) is 36.3 Å². The summed E-state index contributed by atoms with van der Waals surface area (Å²) in [5.74, 6) is -0.460. The third-order valence-electron chi connectivity index (χ3n) is 4.35. The Morgan fingerprint density at radius 1 is 1.06 bits per heavy atom. The van der Waals surface area contributed by atoms with Gasteiger partial charge in [-0.1, -0.05) is 48.6 Å². The maximum absolute atomic E-state index is 12.2. The number of nitro benzene ring substituents is 1. The van der Waals surface area contributed by atoms with E-state index < -0.39 is 10.8 Å². The van der Waals surface area contributed by atoms with Gasteiger partial charge < -0.3 is 5.32 Å². The fraction of sp³-hybridized carbons (Fsp3) is 0.238. The SMILES string of the molecule is CCCCc1ccc(NC(=O)CSc2nnc(NC(=O)c3ccc([N+](=O)[O-])cc3)s2)cc1. The van der Waals surface area contributed by atoms with E-state index in [9.17, 15) is 19.7 Å². The maximum Gasteiger partial charge on any atom is 0.269 e. The number of unbranched alkanes of at least 4 members (excludes halogenated alkanes) is 1. The molecular formula is C21H21N5O4S2. The highest BCUT2D eigenvalue weighted by Crippen LogP contribution is 2.26. The Kier molecular flexibility index (Phi) is 8.28. The Balaban J connectivity index is 1.46. The molecule has 0 bridgehead atoms. The number of nitrogens with zero attached hydrogens (tertiary/aromatic N) is 3. The third kappa shape index (κ3) is 6.86. The van der Waals surface area contributed by atoms with Crippen LogP contribution in [0.15, 0.2) is 52.9 Å². The van der Waals surface area contributed by atoms with Crippen molar-refractivity contribution in [3.8, 4) is 0 Å². The number of thioether (sulfide) groups is 1. The van der Waals surface area contributed by atoms with Crippen LogP contribution in [0.1, 0.15) is 35.7 Å². The molecule has 166 valence electrons. The van der Waals surface area contributed by atoms with Crippen LogP contribution < -0.4 is 10.6 Å². The molecule has 0 atom stereocenters. The highest BCUT2D eigenvalue weighted by molar-refractivity contribution is 8.01. The summed E-state index contributed by atoms with van der Waals surface area (Å²) in [6.07, 6.45) is 3.31. The van der Waals surface area contributed by atoms with Gasteiger partial charge in [-0.05, 0) is 42.7 Å². The van der Waals surface area contributed by atoms with Crippen molar-refractivity contribution >= 4 is 51.4 Å². The molecule has 0 saturated heterocycles. The van der Waals surface area contributed by atoms with Crippen LogP contribution in [0.4, 0.5) is 16.5 Å². The van der Waals surface area contributed by atoms with Crippen LogP contribution in [0.25, 0.3) is 0 Å². The third-order valence-corrected chi connectivity index (χ3v) is 6.32. The zero-order valence-electron chi connectivity index (χ0n) is 17.2. The molecule has 0 unspecified atom stereocenters. The number of hydrogen-bond donors (Lipinski definition) is 2. The molecule has 3 rings (SSSR count). The molecule has 2 N–H and O–H groups in total. The topological polar surface area (TPSA) is 127 Å². The standard InChI is InChI=1S/C21H21N5O4S2/c1-2-3-4-14-5-9-16(10-6-14)22-18(27)13-31-21-25-24-20(32-21)23-19(28)15-7-11-17(12-8-15)26(29)30/h5-12H,2-4,13H2,1H3,(H,22,27)(H,23,24,28). The number of nitro groups is 1. The normalized spacial score (nSPS) is 10.5. The van der Waals surface area contributed by atoms with Gasteiger partial charge in [0.25, 0.3) is 11.6 Å². The van der Waals surface area contributed by atoms with E-state index in [0.29, 0.717) is 4.34 Å². The summed E-state index contributed by atoms with van der Waals surface area (Å²) in [5, 5.41) is 24.3. The lowest BCUT2D eigenvalue weighted by atomic mass is 10.1. The van der Waals surface area contributed by atoms with E-state index in [2.05, 4.69) is 27.8 Å². The van der Waals surface area contributed by atoms with Gasteiger partial charge in [-0.3, -0.25) is 25.0 Å². The van der Waals surface area contributed by atoms with E-state index in [-0.39, 0.29) is 28.0 Å². The fourth-order valence-corrected chi connectivity index (χ4v) is 4.23. The summed E-state index contributed by atoms with van der Waals surface area (Å²) < 4.78 is 0.536. The lowest BCUT2D eigenvalue weighted by molar-refractivity contribution is -0.384. The lowest BCUT2D eigenvalue weighted by Crippen LogP contribution is -2.13. The average Bonchev–Trinajstić information content (AvgIpc) is 3.24. The van der Waals surface area contributed by atoms with Gasteiger partial charge in [0.2, 0.25) is 11.0 Å². The number of benzene rings is 2. The molecule has 3 aromatic rings. The van der Waals surface area contributed by atoms with Crippen LogP contribution in [0.5, 0.6) is 0 Å². The average molecular weight is 472 g/mol. The summed E-state index contributed by atoms with van der Waals surface area (Å²) in [6, 6.07) is 13.1. The van der Waals surface area contributed by atoms with Crippen molar-refractivity contribution in [3.63, 3.8) is 0 Å². The molecule has 0 saturated carbocycles. The predicted octanol–water partition coefficient (Wildman–Crippen LogP) is 4.77. The fourth-order valence-electron chi connectivity index (χ4n) is 2.68. The first-order chi connectivity index (χ1) is 15.4. The van der Waals surface area contributed by atoms with Gasteiger partial charge in [0.15, 0.2) is 4.34 Å². The molecule has 11 heteroatoms. The van der Waals surface area contributed by atoms with Crippen molar-refractivity contribution in [2.45, 2.75) is 30.5 Å². The minimum Gasteiger partial charge on any atom is -0.325 e. The van der Waals surface area contributed by atoms with Crippen molar-refractivity contribution in [2.24, 2.45) is 0 Å². The zero-order valence-corrected chi connectivity index (χ0v) is 18.9. The number of carbonyl (C=O) groups is 2. The first-order valence-corrected chi connectivity index (χ1v) is 11.7. The van der Waals surface area contributed by atoms with E-state index in [1.165, 1.54) is 41.6 Å². The number of hydrogen-bond acceptors (Lipinski definition) is 8. The van der Waals surface area contributed by atoms with Gasteiger partial charge in [0, 0.05) is 23.4 Å². The summed E-state index contributed by atoms with van der Waals surface area (Å²) in [5.41, 5.74) is 2.16. The van der Waals surface area contributed by atoms with Gasteiger partial charge in [0.1, 0.15) is 0 Å². The quantitative estimate of drug-likeness (QED) is 0.189. The molecule has 2 amide bonds. The van der Waals surface area contributed by atoms with Gasteiger partial charge >= 0.3 is 0 Å². The smallest absolute Gasteiger partial charge is 0.269 e. The van der Waals surface area contributed by atoms with Crippen LogP contribution in [0, 0.1) is 10.1 Å². The van der Waals surface area contributed by atoms with Crippen molar-refractivity contribution in [1.82, 2.24) is 10.2 Å². The maximum atomic E-state index is 12.2. The monoisotopic (exact) mass is 471 g/mol. The Hall–Kier alpha value is -3.31. The number of rotatable bonds is 10. The number of nitrogens with one attached hydrogen (secondary N) is 2. The number of aromatic nitrogens is 2. The predicted molar refractivity (Wildman–Crippen MR) is 125 cm³/mol. The number of non-ortho nitro benzene ring substituents is 1. The van der Waals surface area contributed by atoms with Gasteiger partial charge in [-0.2, -0.15) is 0 Å². The minimum absolute atomic E-state index is 0.0955. The molecular weight excluding hydrogens is 450 g/mol. The van der Waals surface area contributed by atoms with Crippen LogP contribution in [-0.4, -0.2) is 32.7 Å². The van der Waals surface area contributed by atoms with Crippen molar-refractivity contribution in [3.05, 3.63) is 69.8 Å². The van der Waals surface area contributed by atoms with Gasteiger partial charge in [-0.15, -0.1) is 10.2 Å². The number of anilines is 2. The molecule has 0 aliphatic heterocycles. The van der Waals surface area contributed by atoms with Crippen molar-refractivity contribution in [2.75, 3.05) is 16.4 Å². The van der Waals surface area contributed by atoms with Crippen LogP contribution in [0.2, 0.25) is 0 Å². The van der Waals surface area contributed by atoms with Crippen LogP contribution in [0.3, 0.4) is 0 Å². The second-order valence-corrected chi connectivity index (χ2v) is 8.97.